The number of nitrogens with zero attached hydrogens (tertiary/aromatic N) is 1. The molecule has 2 heterocycles. The van der Waals surface area contributed by atoms with E-state index in [9.17, 15) is 30.8 Å². The highest BCUT2D eigenvalue weighted by atomic mass is 32.2. The van der Waals surface area contributed by atoms with Gasteiger partial charge in [-0.25, -0.2) is 35.1 Å². The number of amides is 1. The first-order chi connectivity index (χ1) is 17.0. The van der Waals surface area contributed by atoms with Gasteiger partial charge in [-0.15, -0.1) is 0 Å². The van der Waals surface area contributed by atoms with Gasteiger partial charge < -0.3 is 9.64 Å². The van der Waals surface area contributed by atoms with E-state index in [1.807, 2.05) is 0 Å². The number of sulfonamides is 1. The van der Waals surface area contributed by atoms with Crippen LogP contribution >= 0.6 is 0 Å². The van der Waals surface area contributed by atoms with E-state index in [0.29, 0.717) is 25.9 Å². The molecule has 3 aliphatic rings. The van der Waals surface area contributed by atoms with Crippen molar-refractivity contribution in [2.24, 2.45) is 5.41 Å². The maximum atomic E-state index is 15.6. The summed E-state index contributed by atoms with van der Waals surface area (Å²) in [7, 11) is -4.34. The van der Waals surface area contributed by atoms with Crippen LogP contribution in [0.2, 0.25) is 0 Å². The van der Waals surface area contributed by atoms with Crippen molar-refractivity contribution in [3.63, 3.8) is 0 Å². The normalized spacial score (nSPS) is 24.7. The predicted octanol–water partition coefficient (Wildman–Crippen LogP) is 3.45. The van der Waals surface area contributed by atoms with Crippen LogP contribution in [0, 0.1) is 28.7 Å². The fourth-order valence-electron chi connectivity index (χ4n) is 5.21. The first kappa shape index (κ1) is 25.1. The summed E-state index contributed by atoms with van der Waals surface area (Å²) in [5, 5.41) is 0. The summed E-state index contributed by atoms with van der Waals surface area (Å²) in [6, 6.07) is 1.12. The number of carbonyl (C=O) groups is 1. The number of rotatable bonds is 7. The Labute approximate surface area is 204 Å². The van der Waals surface area contributed by atoms with E-state index in [0.717, 1.165) is 30.3 Å². The zero-order chi connectivity index (χ0) is 25.8. The molecule has 1 saturated carbocycles. The van der Waals surface area contributed by atoms with Crippen LogP contribution in [0.1, 0.15) is 24.8 Å². The van der Waals surface area contributed by atoms with Crippen LogP contribution in [-0.2, 0) is 26.0 Å². The number of ether oxygens (including phenoxy) is 1. The molecule has 36 heavy (non-hydrogen) atoms. The van der Waals surface area contributed by atoms with E-state index in [1.54, 1.807) is 0 Å². The second-order valence-electron chi connectivity index (χ2n) is 9.60. The largest absolute Gasteiger partial charge is 0.368 e. The fraction of sp³-hybridized carbons (Fsp3) is 0.458. The van der Waals surface area contributed by atoms with Crippen LogP contribution in [0.5, 0.6) is 0 Å². The van der Waals surface area contributed by atoms with Crippen molar-refractivity contribution >= 4 is 15.9 Å². The Morgan fingerprint density at radius 1 is 1.11 bits per heavy atom. The lowest BCUT2D eigenvalue weighted by Crippen LogP contribution is -2.53. The van der Waals surface area contributed by atoms with Crippen molar-refractivity contribution in [3.05, 3.63) is 59.2 Å². The topological polar surface area (TPSA) is 75.7 Å². The summed E-state index contributed by atoms with van der Waals surface area (Å²) in [6.07, 6.45) is 0.516. The molecule has 3 atom stereocenters. The molecule has 0 bridgehead atoms. The number of hydrogen-bond donors (Lipinski definition) is 1. The SMILES string of the molecule is O=C(C1CCO1)N1CC2(CC2)[C@H](NS(=O)(=O)CF)[C@@H]1Cc1cc(F)cc(-c2cccc(F)c2F)c1F. The molecule has 194 valence electrons. The number of benzene rings is 2. The lowest BCUT2D eigenvalue weighted by atomic mass is 9.91. The van der Waals surface area contributed by atoms with Crippen LogP contribution in [0.3, 0.4) is 0 Å². The summed E-state index contributed by atoms with van der Waals surface area (Å²) < 4.78 is 103. The minimum absolute atomic E-state index is 0.151. The summed E-state index contributed by atoms with van der Waals surface area (Å²) in [5.41, 5.74) is -1.91. The summed E-state index contributed by atoms with van der Waals surface area (Å²) >= 11 is 0. The molecule has 1 spiro atoms. The summed E-state index contributed by atoms with van der Waals surface area (Å²) in [4.78, 5) is 14.5. The van der Waals surface area contributed by atoms with Crippen molar-refractivity contribution in [2.75, 3.05) is 19.2 Å². The van der Waals surface area contributed by atoms with Gasteiger partial charge in [-0.3, -0.25) is 4.79 Å². The lowest BCUT2D eigenvalue weighted by Gasteiger charge is -2.34. The van der Waals surface area contributed by atoms with Crippen molar-refractivity contribution in [1.29, 1.82) is 0 Å². The number of alkyl halides is 1. The molecule has 0 aromatic heterocycles. The predicted molar refractivity (Wildman–Crippen MR) is 119 cm³/mol. The maximum absolute atomic E-state index is 15.6. The fourth-order valence-corrected chi connectivity index (χ4v) is 6.07. The zero-order valence-corrected chi connectivity index (χ0v) is 19.8. The van der Waals surface area contributed by atoms with Gasteiger partial charge in [0, 0.05) is 35.5 Å². The number of likely N-dealkylation sites (tertiary alicyclic amines) is 1. The third kappa shape index (κ3) is 4.39. The minimum Gasteiger partial charge on any atom is -0.368 e. The van der Waals surface area contributed by atoms with Gasteiger partial charge >= 0.3 is 0 Å². The highest BCUT2D eigenvalue weighted by Gasteiger charge is 2.62. The van der Waals surface area contributed by atoms with E-state index in [-0.39, 0.29) is 18.5 Å². The molecule has 0 radical (unpaired) electrons. The Kier molecular flexibility index (Phi) is 6.32. The second-order valence-corrected chi connectivity index (χ2v) is 11.3. The quantitative estimate of drug-likeness (QED) is 0.557. The van der Waals surface area contributed by atoms with Crippen LogP contribution in [0.4, 0.5) is 22.0 Å². The average molecular weight is 531 g/mol. The Bertz CT molecular complexity index is 1310. The Morgan fingerprint density at radius 2 is 1.83 bits per heavy atom. The van der Waals surface area contributed by atoms with E-state index in [2.05, 4.69) is 4.72 Å². The van der Waals surface area contributed by atoms with E-state index in [4.69, 9.17) is 4.74 Å². The molecule has 3 fully saturated rings. The summed E-state index contributed by atoms with van der Waals surface area (Å²) in [5.74, 6) is -4.95. The second kappa shape index (κ2) is 9.07. The highest BCUT2D eigenvalue weighted by molar-refractivity contribution is 7.89. The first-order valence-corrected chi connectivity index (χ1v) is 13.1. The van der Waals surface area contributed by atoms with Crippen LogP contribution in [0.15, 0.2) is 30.3 Å². The number of carbonyl (C=O) groups excluding carboxylic acids is 1. The first-order valence-electron chi connectivity index (χ1n) is 11.5. The van der Waals surface area contributed by atoms with E-state index < -0.39 is 79.9 Å². The standard InChI is InChI=1S/C24H23F5N2O4S/c25-12-36(33,34)30-22-18(31(11-24(22)5-6-24)23(32)19-4-7-35-19)9-13-8-14(26)10-16(20(13)28)15-2-1-3-17(27)21(15)29/h1-3,8,10,18-19,22,30H,4-7,9,11-12H2/t18-,19?,22+/m0/s1. The van der Waals surface area contributed by atoms with Gasteiger partial charge in [0.05, 0.1) is 12.6 Å². The van der Waals surface area contributed by atoms with Gasteiger partial charge in [0.2, 0.25) is 16.0 Å². The average Bonchev–Trinajstić information content (AvgIpc) is 3.52. The van der Waals surface area contributed by atoms with Gasteiger partial charge in [-0.05, 0) is 43.0 Å². The molecule has 1 aliphatic carbocycles. The molecule has 2 aromatic rings. The molecule has 1 N–H and O–H groups in total. The third-order valence-corrected chi connectivity index (χ3v) is 8.21. The van der Waals surface area contributed by atoms with E-state index >= 15 is 4.39 Å². The zero-order valence-electron chi connectivity index (χ0n) is 18.9. The molecule has 2 aliphatic heterocycles. The van der Waals surface area contributed by atoms with Crippen molar-refractivity contribution in [3.8, 4) is 11.1 Å². The smallest absolute Gasteiger partial charge is 0.252 e. The molecule has 1 amide bonds. The monoisotopic (exact) mass is 530 g/mol. The third-order valence-electron chi connectivity index (χ3n) is 7.31. The minimum atomic E-state index is -4.34. The van der Waals surface area contributed by atoms with Crippen LogP contribution in [-0.4, -0.2) is 56.6 Å². The number of halogens is 5. The van der Waals surface area contributed by atoms with Crippen molar-refractivity contribution in [1.82, 2.24) is 9.62 Å². The van der Waals surface area contributed by atoms with Gasteiger partial charge in [0.15, 0.2) is 11.6 Å². The van der Waals surface area contributed by atoms with Gasteiger partial charge in [0.1, 0.15) is 17.7 Å². The molecular weight excluding hydrogens is 507 g/mol. The van der Waals surface area contributed by atoms with Crippen LogP contribution < -0.4 is 4.72 Å². The molecule has 2 aromatic carbocycles. The number of nitrogens with one attached hydrogen (secondary N) is 1. The molecule has 5 rings (SSSR count). The maximum Gasteiger partial charge on any atom is 0.252 e. The van der Waals surface area contributed by atoms with Crippen LogP contribution in [0.25, 0.3) is 11.1 Å². The summed E-state index contributed by atoms with van der Waals surface area (Å²) in [6.45, 7) is 0.539. The Balaban J connectivity index is 1.55. The van der Waals surface area contributed by atoms with Crippen molar-refractivity contribution in [2.45, 2.75) is 43.9 Å². The Morgan fingerprint density at radius 3 is 2.44 bits per heavy atom. The Hall–Kier alpha value is -2.57. The van der Waals surface area contributed by atoms with Gasteiger partial charge in [-0.2, -0.15) is 0 Å². The molecular formula is C24H23F5N2O4S. The van der Waals surface area contributed by atoms with E-state index in [1.165, 1.54) is 4.90 Å². The van der Waals surface area contributed by atoms with Crippen molar-refractivity contribution < 1.29 is 39.9 Å². The lowest BCUT2D eigenvalue weighted by molar-refractivity contribution is -0.157. The number of hydrogen-bond acceptors (Lipinski definition) is 4. The molecule has 6 nitrogen and oxygen atoms in total. The van der Waals surface area contributed by atoms with Gasteiger partial charge in [0.25, 0.3) is 5.91 Å². The molecule has 2 saturated heterocycles. The molecule has 1 unspecified atom stereocenters. The molecule has 12 heteroatoms. The van der Waals surface area contributed by atoms with Gasteiger partial charge in [-0.1, -0.05) is 12.1 Å². The highest BCUT2D eigenvalue weighted by Crippen LogP contribution is 2.56.